The molecule has 0 spiro atoms. The van der Waals surface area contributed by atoms with Crippen molar-refractivity contribution < 1.29 is 13.5 Å². The molecule has 2 unspecified atom stereocenters. The summed E-state index contributed by atoms with van der Waals surface area (Å²) in [6, 6.07) is 12.2. The third-order valence-corrected chi connectivity index (χ3v) is 7.18. The third-order valence-electron chi connectivity index (χ3n) is 7.18. The Hall–Kier alpha value is -3.63. The van der Waals surface area contributed by atoms with E-state index in [0.29, 0.717) is 11.2 Å². The van der Waals surface area contributed by atoms with Crippen LogP contribution in [0.5, 0.6) is 0 Å². The van der Waals surface area contributed by atoms with E-state index in [4.69, 9.17) is 4.74 Å². The van der Waals surface area contributed by atoms with E-state index in [9.17, 15) is 18.4 Å². The molecule has 2 aromatic heterocycles. The minimum atomic E-state index is -0.549. The van der Waals surface area contributed by atoms with Gasteiger partial charge in [-0.1, -0.05) is 24.3 Å². The summed E-state index contributed by atoms with van der Waals surface area (Å²) in [6.45, 7) is 2.69. The maximum absolute atomic E-state index is 13.7. The van der Waals surface area contributed by atoms with E-state index >= 15 is 0 Å². The Kier molecular flexibility index (Phi) is 6.78. The normalized spacial score (nSPS) is 17.5. The lowest BCUT2D eigenvalue weighted by Crippen LogP contribution is -2.45. The average molecular weight is 510 g/mol. The topological polar surface area (TPSA) is 74.3 Å². The molecule has 0 amide bonds. The smallest absolute Gasteiger partial charge is 0.332 e. The van der Waals surface area contributed by atoms with Crippen LogP contribution in [0.4, 0.5) is 8.78 Å². The summed E-state index contributed by atoms with van der Waals surface area (Å²) >= 11 is 0. The summed E-state index contributed by atoms with van der Waals surface area (Å²) in [6.07, 6.45) is 3.04. The van der Waals surface area contributed by atoms with Gasteiger partial charge >= 0.3 is 5.69 Å². The molecule has 10 heteroatoms. The van der Waals surface area contributed by atoms with Gasteiger partial charge in [0.1, 0.15) is 24.0 Å². The van der Waals surface area contributed by atoms with Crippen molar-refractivity contribution in [3.8, 4) is 0 Å². The summed E-state index contributed by atoms with van der Waals surface area (Å²) in [5.41, 5.74) is 1.33. The fraction of sp³-hybridized carbons (Fsp3) is 0.370. The van der Waals surface area contributed by atoms with Gasteiger partial charge in [-0.3, -0.25) is 18.8 Å². The number of rotatable bonds is 6. The van der Waals surface area contributed by atoms with E-state index in [0.717, 1.165) is 41.5 Å². The van der Waals surface area contributed by atoms with Crippen LogP contribution in [0.1, 0.15) is 49.6 Å². The molecule has 0 saturated carbocycles. The molecule has 0 aliphatic carbocycles. The van der Waals surface area contributed by atoms with E-state index in [1.165, 1.54) is 35.9 Å². The number of ether oxygens (including phenoxy) is 1. The van der Waals surface area contributed by atoms with Crippen molar-refractivity contribution in [1.82, 2.24) is 23.6 Å². The van der Waals surface area contributed by atoms with Gasteiger partial charge in [0.2, 0.25) is 0 Å². The monoisotopic (exact) mass is 509 g/mol. The maximum Gasteiger partial charge on any atom is 0.332 e. The largest absolute Gasteiger partial charge is 0.350 e. The zero-order valence-electron chi connectivity index (χ0n) is 21.0. The lowest BCUT2D eigenvalue weighted by Gasteiger charge is -2.41. The highest BCUT2D eigenvalue weighted by atomic mass is 19.1. The molecular weight excluding hydrogens is 480 g/mol. The van der Waals surface area contributed by atoms with Crippen LogP contribution < -0.4 is 11.2 Å². The minimum absolute atomic E-state index is 0.303. The zero-order chi connectivity index (χ0) is 26.3. The molecule has 2 atom stereocenters. The average Bonchev–Trinajstić information content (AvgIpc) is 3.36. The first kappa shape index (κ1) is 25.0. The number of fused-ring (bicyclic) bond motifs is 1. The number of likely N-dealkylation sites (tertiary alicyclic amines) is 1. The zero-order valence-corrected chi connectivity index (χ0v) is 21.0. The molecule has 1 saturated heterocycles. The summed E-state index contributed by atoms with van der Waals surface area (Å²) in [4.78, 5) is 31.9. The summed E-state index contributed by atoms with van der Waals surface area (Å²) < 4.78 is 38.3. The van der Waals surface area contributed by atoms with Gasteiger partial charge in [-0.05, 0) is 61.6 Å². The number of hydrogen-bond acceptors (Lipinski definition) is 5. The fourth-order valence-electron chi connectivity index (χ4n) is 5.09. The van der Waals surface area contributed by atoms with Crippen LogP contribution in [0, 0.1) is 11.6 Å². The van der Waals surface area contributed by atoms with E-state index < -0.39 is 17.4 Å². The number of aromatic nitrogens is 4. The second-order valence-corrected chi connectivity index (χ2v) is 9.47. The molecule has 2 aromatic carbocycles. The first-order chi connectivity index (χ1) is 17.8. The standard InChI is InChI=1S/C27H29F2N5O3/c1-17(34-16-30-25-23(34)26(35)32(3)27(36)31(25)2)33-15-5-4-6-22(33)37-24(18-7-11-20(28)12-8-18)19-9-13-21(29)14-10-19/h7-14,16-17,22,24H,4-6,15H2,1-3H3. The number of imidazole rings is 1. The first-order valence-electron chi connectivity index (χ1n) is 12.3. The van der Waals surface area contributed by atoms with Crippen molar-refractivity contribution in [2.24, 2.45) is 14.1 Å². The lowest BCUT2D eigenvalue weighted by atomic mass is 10.0. The van der Waals surface area contributed by atoms with E-state index in [1.807, 2.05) is 6.92 Å². The maximum atomic E-state index is 13.7. The predicted octanol–water partition coefficient (Wildman–Crippen LogP) is 3.85. The van der Waals surface area contributed by atoms with Gasteiger partial charge in [0.05, 0.1) is 12.5 Å². The summed E-state index contributed by atoms with van der Waals surface area (Å²) in [5, 5.41) is 0. The highest BCUT2D eigenvalue weighted by Crippen LogP contribution is 2.34. The Morgan fingerprint density at radius 3 is 2.11 bits per heavy atom. The number of aryl methyl sites for hydroxylation is 1. The van der Waals surface area contributed by atoms with Crippen LogP contribution in [-0.4, -0.2) is 36.4 Å². The molecule has 8 nitrogen and oxygen atoms in total. The van der Waals surface area contributed by atoms with Crippen molar-refractivity contribution in [1.29, 1.82) is 0 Å². The first-order valence-corrected chi connectivity index (χ1v) is 12.3. The van der Waals surface area contributed by atoms with Crippen LogP contribution >= 0.6 is 0 Å². The molecular formula is C27H29F2N5O3. The molecule has 1 fully saturated rings. The molecule has 0 radical (unpaired) electrons. The molecule has 5 rings (SSSR count). The molecule has 37 heavy (non-hydrogen) atoms. The summed E-state index contributed by atoms with van der Waals surface area (Å²) in [7, 11) is 3.05. The minimum Gasteiger partial charge on any atom is -0.350 e. The van der Waals surface area contributed by atoms with Crippen molar-refractivity contribution in [2.45, 2.75) is 44.7 Å². The van der Waals surface area contributed by atoms with Gasteiger partial charge in [0.15, 0.2) is 11.2 Å². The highest BCUT2D eigenvalue weighted by molar-refractivity contribution is 5.70. The molecule has 4 aromatic rings. The highest BCUT2D eigenvalue weighted by Gasteiger charge is 2.32. The van der Waals surface area contributed by atoms with Gasteiger partial charge in [-0.2, -0.15) is 0 Å². The van der Waals surface area contributed by atoms with Crippen molar-refractivity contribution in [2.75, 3.05) is 6.54 Å². The Labute approximate surface area is 212 Å². The lowest BCUT2D eigenvalue weighted by molar-refractivity contribution is -0.131. The van der Waals surface area contributed by atoms with Crippen LogP contribution in [0.2, 0.25) is 0 Å². The van der Waals surface area contributed by atoms with E-state index in [1.54, 1.807) is 42.2 Å². The third kappa shape index (κ3) is 4.62. The van der Waals surface area contributed by atoms with Gasteiger partial charge in [-0.25, -0.2) is 18.6 Å². The number of benzene rings is 2. The quantitative estimate of drug-likeness (QED) is 0.395. The molecule has 0 N–H and O–H groups in total. The van der Waals surface area contributed by atoms with Crippen molar-refractivity contribution in [3.63, 3.8) is 0 Å². The van der Waals surface area contributed by atoms with Crippen LogP contribution in [0.15, 0.2) is 64.4 Å². The van der Waals surface area contributed by atoms with Gasteiger partial charge in [0.25, 0.3) is 5.56 Å². The fourth-order valence-corrected chi connectivity index (χ4v) is 5.09. The summed E-state index contributed by atoms with van der Waals surface area (Å²) in [5.74, 6) is -0.699. The second kappa shape index (κ2) is 10.0. The Morgan fingerprint density at radius 2 is 1.51 bits per heavy atom. The van der Waals surface area contributed by atoms with Crippen molar-refractivity contribution >= 4 is 11.2 Å². The van der Waals surface area contributed by atoms with Crippen LogP contribution in [0.25, 0.3) is 11.2 Å². The second-order valence-electron chi connectivity index (χ2n) is 9.47. The molecule has 0 bridgehead atoms. The number of hydrogen-bond donors (Lipinski definition) is 0. The molecule has 1 aliphatic rings. The van der Waals surface area contributed by atoms with Crippen molar-refractivity contribution in [3.05, 3.63) is 98.5 Å². The molecule has 3 heterocycles. The van der Waals surface area contributed by atoms with Crippen LogP contribution in [0.3, 0.4) is 0 Å². The Morgan fingerprint density at radius 1 is 0.919 bits per heavy atom. The Bertz CT molecular complexity index is 1480. The molecule has 1 aliphatic heterocycles. The predicted molar refractivity (Wildman–Crippen MR) is 135 cm³/mol. The Balaban J connectivity index is 1.52. The van der Waals surface area contributed by atoms with Gasteiger partial charge in [-0.15, -0.1) is 0 Å². The number of piperidine rings is 1. The van der Waals surface area contributed by atoms with Gasteiger partial charge < -0.3 is 9.30 Å². The number of halogens is 2. The van der Waals surface area contributed by atoms with E-state index in [2.05, 4.69) is 9.88 Å². The van der Waals surface area contributed by atoms with Gasteiger partial charge in [0, 0.05) is 20.6 Å². The molecule has 194 valence electrons. The number of nitrogens with zero attached hydrogens (tertiary/aromatic N) is 5. The SMILES string of the molecule is CC(N1CCCCC1OC(c1ccc(F)cc1)c1ccc(F)cc1)n1cnc2c1c(=O)n(C)c(=O)n2C. The van der Waals surface area contributed by atoms with E-state index in [-0.39, 0.29) is 24.0 Å². The van der Waals surface area contributed by atoms with Crippen LogP contribution in [-0.2, 0) is 18.8 Å².